The second-order valence-corrected chi connectivity index (χ2v) is 7.45. The summed E-state index contributed by atoms with van der Waals surface area (Å²) in [5.41, 5.74) is -1.07. The summed E-state index contributed by atoms with van der Waals surface area (Å²) in [6.07, 6.45) is 0.218. The number of ether oxygens (including phenoxy) is 2. The molecule has 1 aliphatic heterocycles. The molecule has 0 amide bonds. The first-order valence-corrected chi connectivity index (χ1v) is 9.53. The first-order valence-electron chi connectivity index (χ1n) is 9.53. The molecule has 2 heterocycles. The summed E-state index contributed by atoms with van der Waals surface area (Å²) in [7, 11) is 0. The number of hydrogen-bond acceptors (Lipinski definition) is 8. The minimum absolute atomic E-state index is 0.0999. The third-order valence-corrected chi connectivity index (χ3v) is 5.18. The Hall–Kier alpha value is -3.62. The summed E-state index contributed by atoms with van der Waals surface area (Å²) in [4.78, 5) is 24.0. The lowest BCUT2D eigenvalue weighted by atomic mass is 9.92. The van der Waals surface area contributed by atoms with E-state index in [9.17, 15) is 24.9 Å². The molecule has 2 aromatic carbocycles. The van der Waals surface area contributed by atoms with Crippen LogP contribution in [0, 0.1) is 0 Å². The number of aliphatic hydroxyl groups excluding tert-OH is 2. The second kappa shape index (κ2) is 7.90. The highest BCUT2D eigenvalue weighted by Gasteiger charge is 2.49. The van der Waals surface area contributed by atoms with Crippen LogP contribution in [0.2, 0.25) is 0 Å². The number of rotatable bonds is 5. The number of hydrogen-bond donors (Lipinski definition) is 3. The van der Waals surface area contributed by atoms with E-state index in [1.807, 2.05) is 0 Å². The van der Waals surface area contributed by atoms with Crippen LogP contribution in [-0.4, -0.2) is 39.6 Å². The number of phenolic OH excluding ortho intramolecular Hbond substituents is 1. The first-order chi connectivity index (χ1) is 14.8. The maximum Gasteiger partial charge on any atom is 0.336 e. The molecule has 1 aliphatic rings. The molecule has 8 nitrogen and oxygen atoms in total. The molecular formula is C23H20O8. The Balaban J connectivity index is 1.58. The van der Waals surface area contributed by atoms with Crippen molar-refractivity contribution in [2.24, 2.45) is 0 Å². The first kappa shape index (κ1) is 20.6. The van der Waals surface area contributed by atoms with Crippen LogP contribution in [-0.2, 0) is 9.53 Å². The van der Waals surface area contributed by atoms with Crippen LogP contribution in [0.25, 0.3) is 17.0 Å². The van der Waals surface area contributed by atoms with Crippen molar-refractivity contribution < 1.29 is 34.0 Å². The van der Waals surface area contributed by atoms with Gasteiger partial charge in [0.1, 0.15) is 23.2 Å². The minimum Gasteiger partial charge on any atom is -0.508 e. The Morgan fingerprint density at radius 2 is 1.87 bits per heavy atom. The lowest BCUT2D eigenvalue weighted by Gasteiger charge is -2.33. The van der Waals surface area contributed by atoms with E-state index in [0.29, 0.717) is 10.9 Å². The molecule has 4 rings (SSSR count). The lowest BCUT2D eigenvalue weighted by Crippen LogP contribution is -2.50. The molecule has 3 aromatic rings. The number of carbonyl (C=O) groups is 1. The molecule has 0 bridgehead atoms. The van der Waals surface area contributed by atoms with Gasteiger partial charge in [0.2, 0.25) is 0 Å². The van der Waals surface area contributed by atoms with Crippen LogP contribution in [0.1, 0.15) is 24.2 Å². The molecule has 3 atom stereocenters. The van der Waals surface area contributed by atoms with Crippen LogP contribution in [0.3, 0.4) is 0 Å². The highest BCUT2D eigenvalue weighted by atomic mass is 16.6. The van der Waals surface area contributed by atoms with Crippen molar-refractivity contribution in [1.29, 1.82) is 0 Å². The van der Waals surface area contributed by atoms with Gasteiger partial charge >= 0.3 is 11.6 Å². The Morgan fingerprint density at radius 3 is 2.58 bits per heavy atom. The van der Waals surface area contributed by atoms with Crippen molar-refractivity contribution in [2.75, 3.05) is 6.61 Å². The minimum atomic E-state index is -1.59. The Morgan fingerprint density at radius 1 is 1.16 bits per heavy atom. The van der Waals surface area contributed by atoms with Crippen molar-refractivity contribution in [3.63, 3.8) is 0 Å². The molecule has 0 aliphatic carbocycles. The fraction of sp³-hybridized carbons (Fsp3) is 0.217. The predicted molar refractivity (Wildman–Crippen MR) is 111 cm³/mol. The SMILES string of the molecule is CC(CO)(OC(=O)/C=C/c1ccc(O)cc1)C1Oc2ccc3ccc(=O)oc3c2C1O. The second-order valence-electron chi connectivity index (χ2n) is 7.45. The number of esters is 1. The number of aromatic hydroxyl groups is 1. The third kappa shape index (κ3) is 3.90. The van der Waals surface area contributed by atoms with Crippen molar-refractivity contribution in [3.05, 3.63) is 76.2 Å². The van der Waals surface area contributed by atoms with Gasteiger partial charge in [0, 0.05) is 17.5 Å². The van der Waals surface area contributed by atoms with Crippen LogP contribution in [0.5, 0.6) is 11.5 Å². The summed E-state index contributed by atoms with van der Waals surface area (Å²) in [6, 6.07) is 12.3. The zero-order valence-corrected chi connectivity index (χ0v) is 16.5. The molecule has 160 valence electrons. The molecular weight excluding hydrogens is 404 g/mol. The summed E-state index contributed by atoms with van der Waals surface area (Å²) >= 11 is 0. The average molecular weight is 424 g/mol. The van der Waals surface area contributed by atoms with E-state index in [1.54, 1.807) is 30.3 Å². The largest absolute Gasteiger partial charge is 0.508 e. The van der Waals surface area contributed by atoms with E-state index in [2.05, 4.69) is 0 Å². The molecule has 8 heteroatoms. The van der Waals surface area contributed by atoms with Crippen LogP contribution < -0.4 is 10.4 Å². The predicted octanol–water partition coefficient (Wildman–Crippen LogP) is 2.30. The maximum absolute atomic E-state index is 12.4. The molecule has 0 spiro atoms. The van der Waals surface area contributed by atoms with Crippen molar-refractivity contribution in [1.82, 2.24) is 0 Å². The van der Waals surface area contributed by atoms with E-state index < -0.39 is 36.0 Å². The number of benzene rings is 2. The van der Waals surface area contributed by atoms with Gasteiger partial charge in [-0.3, -0.25) is 0 Å². The lowest BCUT2D eigenvalue weighted by molar-refractivity contribution is -0.175. The Labute approximate surface area is 176 Å². The van der Waals surface area contributed by atoms with E-state index in [1.165, 1.54) is 37.3 Å². The van der Waals surface area contributed by atoms with E-state index in [0.717, 1.165) is 0 Å². The average Bonchev–Trinajstić information content (AvgIpc) is 3.11. The molecule has 3 N–H and O–H groups in total. The monoisotopic (exact) mass is 424 g/mol. The van der Waals surface area contributed by atoms with Gasteiger partial charge in [-0.2, -0.15) is 0 Å². The Kier molecular flexibility index (Phi) is 5.26. The quantitative estimate of drug-likeness (QED) is 0.324. The number of phenols is 1. The van der Waals surface area contributed by atoms with E-state index in [-0.39, 0.29) is 22.6 Å². The third-order valence-electron chi connectivity index (χ3n) is 5.18. The summed E-state index contributed by atoms with van der Waals surface area (Å²) < 4.78 is 16.5. The fourth-order valence-corrected chi connectivity index (χ4v) is 3.52. The van der Waals surface area contributed by atoms with Gasteiger partial charge < -0.3 is 29.2 Å². The zero-order valence-electron chi connectivity index (χ0n) is 16.5. The number of aliphatic hydroxyl groups is 2. The highest BCUT2D eigenvalue weighted by Crippen LogP contribution is 2.45. The van der Waals surface area contributed by atoms with Gasteiger partial charge in [0.05, 0.1) is 12.2 Å². The van der Waals surface area contributed by atoms with Gasteiger partial charge in [-0.1, -0.05) is 12.1 Å². The van der Waals surface area contributed by atoms with Crippen molar-refractivity contribution in [2.45, 2.75) is 24.7 Å². The van der Waals surface area contributed by atoms with Crippen LogP contribution >= 0.6 is 0 Å². The van der Waals surface area contributed by atoms with E-state index >= 15 is 0 Å². The van der Waals surface area contributed by atoms with Gasteiger partial charge in [-0.05, 0) is 48.9 Å². The molecule has 31 heavy (non-hydrogen) atoms. The maximum atomic E-state index is 12.4. The van der Waals surface area contributed by atoms with Gasteiger partial charge in [0.25, 0.3) is 0 Å². The molecule has 0 fully saturated rings. The highest BCUT2D eigenvalue weighted by molar-refractivity contribution is 5.87. The topological polar surface area (TPSA) is 126 Å². The summed E-state index contributed by atoms with van der Waals surface area (Å²) in [6.45, 7) is 0.820. The van der Waals surface area contributed by atoms with Gasteiger partial charge in [-0.25, -0.2) is 9.59 Å². The number of carbonyl (C=O) groups excluding carboxylic acids is 1. The zero-order chi connectivity index (χ0) is 22.2. The molecule has 0 radical (unpaired) electrons. The summed E-state index contributed by atoms with van der Waals surface area (Å²) in [5, 5.41) is 30.8. The van der Waals surface area contributed by atoms with Crippen LogP contribution in [0.4, 0.5) is 0 Å². The molecule has 0 saturated carbocycles. The Bertz CT molecular complexity index is 1210. The molecule has 1 aromatic heterocycles. The van der Waals surface area contributed by atoms with Gasteiger partial charge in [0.15, 0.2) is 11.7 Å². The normalized spacial score (nSPS) is 19.7. The number of fused-ring (bicyclic) bond motifs is 3. The van der Waals surface area contributed by atoms with Crippen molar-refractivity contribution >= 4 is 23.0 Å². The standard InChI is InChI=1S/C23H20O8/c1-23(12-24,31-18(27)10-4-13-2-7-15(25)8-3-13)22-20(28)19-16(29-22)9-5-14-6-11-17(26)30-21(14)19/h2-11,20,22,24-25,28H,12H2,1H3/b10-4+. The smallest absolute Gasteiger partial charge is 0.336 e. The molecule has 3 unspecified atom stereocenters. The van der Waals surface area contributed by atoms with Gasteiger partial charge in [-0.15, -0.1) is 0 Å². The van der Waals surface area contributed by atoms with E-state index in [4.69, 9.17) is 13.9 Å². The molecule has 0 saturated heterocycles. The summed E-state index contributed by atoms with van der Waals surface area (Å²) in [5.74, 6) is -0.384. The van der Waals surface area contributed by atoms with Crippen LogP contribution in [0.15, 0.2) is 63.8 Å². The fourth-order valence-electron chi connectivity index (χ4n) is 3.52. The van der Waals surface area contributed by atoms with Crippen molar-refractivity contribution in [3.8, 4) is 11.5 Å².